The fourth-order valence-electron chi connectivity index (χ4n) is 4.15. The van der Waals surface area contributed by atoms with Gasteiger partial charge in [-0.05, 0) is 23.8 Å². The number of rotatable bonds is 5. The van der Waals surface area contributed by atoms with Crippen LogP contribution in [0.5, 0.6) is 5.88 Å². The van der Waals surface area contributed by atoms with E-state index in [4.69, 9.17) is 13.9 Å². The van der Waals surface area contributed by atoms with E-state index in [0.29, 0.717) is 29.5 Å². The molecule has 0 unspecified atom stereocenters. The number of ether oxygens (including phenoxy) is 2. The van der Waals surface area contributed by atoms with E-state index < -0.39 is 0 Å². The molecule has 2 aliphatic rings. The number of fused-ring (bicyclic) bond motifs is 1. The van der Waals surface area contributed by atoms with E-state index in [9.17, 15) is 0 Å². The number of methoxy groups -OCH3 is 1. The summed E-state index contributed by atoms with van der Waals surface area (Å²) in [6, 6.07) is 4.05. The SMILES string of the molecule is COc1ncccc1CN1C[C@@H]2COC[C@@H](Cc3nnc(C)o3)[C@@H]2C1. The second kappa shape index (κ2) is 7.09. The van der Waals surface area contributed by atoms with E-state index in [1.807, 2.05) is 13.0 Å². The Kier molecular flexibility index (Phi) is 4.67. The van der Waals surface area contributed by atoms with Gasteiger partial charge in [0.15, 0.2) is 0 Å². The van der Waals surface area contributed by atoms with Gasteiger partial charge < -0.3 is 13.9 Å². The van der Waals surface area contributed by atoms with E-state index in [-0.39, 0.29) is 0 Å². The molecule has 0 aliphatic carbocycles. The molecule has 2 fully saturated rings. The molecule has 7 heteroatoms. The molecule has 4 rings (SSSR count). The summed E-state index contributed by atoms with van der Waals surface area (Å²) in [4.78, 5) is 6.78. The fourth-order valence-corrected chi connectivity index (χ4v) is 4.15. The van der Waals surface area contributed by atoms with Gasteiger partial charge in [0.25, 0.3) is 0 Å². The van der Waals surface area contributed by atoms with Gasteiger partial charge in [-0.3, -0.25) is 4.90 Å². The Morgan fingerprint density at radius 1 is 1.28 bits per heavy atom. The zero-order chi connectivity index (χ0) is 17.2. The van der Waals surface area contributed by atoms with Crippen molar-refractivity contribution in [1.82, 2.24) is 20.1 Å². The van der Waals surface area contributed by atoms with Gasteiger partial charge >= 0.3 is 0 Å². The van der Waals surface area contributed by atoms with Gasteiger partial charge in [0.05, 0.1) is 20.3 Å². The molecular formula is C18H24N4O3. The molecule has 7 nitrogen and oxygen atoms in total. The van der Waals surface area contributed by atoms with Gasteiger partial charge in [0.2, 0.25) is 17.7 Å². The molecule has 0 amide bonds. The van der Waals surface area contributed by atoms with Crippen molar-refractivity contribution >= 4 is 0 Å². The highest BCUT2D eigenvalue weighted by Crippen LogP contribution is 2.36. The van der Waals surface area contributed by atoms with Crippen molar-refractivity contribution < 1.29 is 13.9 Å². The van der Waals surface area contributed by atoms with Crippen molar-refractivity contribution in [1.29, 1.82) is 0 Å². The lowest BCUT2D eigenvalue weighted by molar-refractivity contribution is -0.0107. The molecule has 0 spiro atoms. The third-order valence-electron chi connectivity index (χ3n) is 5.28. The maximum absolute atomic E-state index is 5.86. The highest BCUT2D eigenvalue weighted by atomic mass is 16.5. The van der Waals surface area contributed by atoms with Crippen LogP contribution in [0.2, 0.25) is 0 Å². The standard InChI is InChI=1S/C18H24N4O3/c1-12-20-21-17(25-12)6-14-10-24-11-15-8-22(9-16(14)15)7-13-4-3-5-19-18(13)23-2/h3-5,14-16H,6-11H2,1-2H3/t14-,15-,16+/m1/s1. The highest BCUT2D eigenvalue weighted by Gasteiger charge is 2.41. The Morgan fingerprint density at radius 3 is 3.00 bits per heavy atom. The summed E-state index contributed by atoms with van der Waals surface area (Å²) in [5.74, 6) is 3.65. The number of aromatic nitrogens is 3. The average molecular weight is 344 g/mol. The zero-order valence-electron chi connectivity index (χ0n) is 14.7. The first-order chi connectivity index (χ1) is 12.2. The number of pyridine rings is 1. The molecule has 2 aromatic rings. The second-order valence-electron chi connectivity index (χ2n) is 7.01. The van der Waals surface area contributed by atoms with Crippen LogP contribution in [-0.2, 0) is 17.7 Å². The molecule has 0 N–H and O–H groups in total. The summed E-state index contributed by atoms with van der Waals surface area (Å²) in [7, 11) is 1.67. The summed E-state index contributed by atoms with van der Waals surface area (Å²) >= 11 is 0. The van der Waals surface area contributed by atoms with Crippen molar-refractivity contribution in [3.05, 3.63) is 35.7 Å². The third-order valence-corrected chi connectivity index (χ3v) is 5.28. The van der Waals surface area contributed by atoms with E-state index >= 15 is 0 Å². The summed E-state index contributed by atoms with van der Waals surface area (Å²) in [5.41, 5.74) is 1.13. The molecule has 4 heterocycles. The maximum atomic E-state index is 5.86. The van der Waals surface area contributed by atoms with Gasteiger partial charge in [-0.2, -0.15) is 0 Å². The predicted octanol–water partition coefficient (Wildman–Crippen LogP) is 1.72. The van der Waals surface area contributed by atoms with E-state index in [0.717, 1.165) is 50.7 Å². The van der Waals surface area contributed by atoms with Crippen molar-refractivity contribution in [2.75, 3.05) is 33.4 Å². The number of aryl methyl sites for hydroxylation is 1. The quantitative estimate of drug-likeness (QED) is 0.817. The van der Waals surface area contributed by atoms with Crippen LogP contribution in [0.4, 0.5) is 0 Å². The maximum Gasteiger partial charge on any atom is 0.217 e. The van der Waals surface area contributed by atoms with Crippen molar-refractivity contribution in [2.24, 2.45) is 17.8 Å². The van der Waals surface area contributed by atoms with Crippen molar-refractivity contribution in [3.63, 3.8) is 0 Å². The summed E-state index contributed by atoms with van der Waals surface area (Å²) < 4.78 is 16.8. The van der Waals surface area contributed by atoms with Crippen molar-refractivity contribution in [3.8, 4) is 5.88 Å². The molecular weight excluding hydrogens is 320 g/mol. The Bertz CT molecular complexity index is 720. The first-order valence-electron chi connectivity index (χ1n) is 8.80. The molecule has 134 valence electrons. The molecule has 25 heavy (non-hydrogen) atoms. The summed E-state index contributed by atoms with van der Waals surface area (Å²) in [6.07, 6.45) is 2.56. The smallest absolute Gasteiger partial charge is 0.217 e. The Labute approximate surface area is 147 Å². The minimum Gasteiger partial charge on any atom is -0.481 e. The lowest BCUT2D eigenvalue weighted by Crippen LogP contribution is -2.36. The van der Waals surface area contributed by atoms with Crippen LogP contribution < -0.4 is 4.74 Å². The van der Waals surface area contributed by atoms with Crippen LogP contribution in [0.3, 0.4) is 0 Å². The summed E-state index contributed by atoms with van der Waals surface area (Å²) in [6.45, 7) is 6.40. The van der Waals surface area contributed by atoms with Crippen molar-refractivity contribution in [2.45, 2.75) is 19.9 Å². The zero-order valence-corrected chi connectivity index (χ0v) is 14.7. The molecule has 0 aromatic carbocycles. The van der Waals surface area contributed by atoms with E-state index in [2.05, 4.69) is 26.1 Å². The van der Waals surface area contributed by atoms with Gasteiger partial charge in [-0.1, -0.05) is 6.07 Å². The normalized spacial score (nSPS) is 26.6. The second-order valence-corrected chi connectivity index (χ2v) is 7.01. The van der Waals surface area contributed by atoms with Crippen LogP contribution in [0.25, 0.3) is 0 Å². The minimum atomic E-state index is 0.430. The minimum absolute atomic E-state index is 0.430. The van der Waals surface area contributed by atoms with Gasteiger partial charge in [0.1, 0.15) is 0 Å². The predicted molar refractivity (Wildman–Crippen MR) is 90.1 cm³/mol. The molecule has 2 aliphatic heterocycles. The molecule has 0 saturated carbocycles. The van der Waals surface area contributed by atoms with Crippen LogP contribution in [0.15, 0.2) is 22.7 Å². The first-order valence-corrected chi connectivity index (χ1v) is 8.80. The van der Waals surface area contributed by atoms with Gasteiger partial charge in [-0.25, -0.2) is 4.98 Å². The number of likely N-dealkylation sites (tertiary alicyclic amines) is 1. The van der Waals surface area contributed by atoms with Crippen LogP contribution in [0, 0.1) is 24.7 Å². The Hall–Kier alpha value is -1.99. The van der Waals surface area contributed by atoms with Gasteiger partial charge in [-0.15, -0.1) is 10.2 Å². The van der Waals surface area contributed by atoms with E-state index in [1.165, 1.54) is 0 Å². The molecule has 3 atom stereocenters. The fraction of sp³-hybridized carbons (Fsp3) is 0.611. The van der Waals surface area contributed by atoms with E-state index in [1.54, 1.807) is 13.3 Å². The monoisotopic (exact) mass is 344 g/mol. The first kappa shape index (κ1) is 16.5. The Balaban J connectivity index is 1.43. The number of hydrogen-bond donors (Lipinski definition) is 0. The molecule has 0 bridgehead atoms. The molecule has 2 saturated heterocycles. The van der Waals surface area contributed by atoms with Crippen LogP contribution in [-0.4, -0.2) is 53.5 Å². The topological polar surface area (TPSA) is 73.5 Å². The van der Waals surface area contributed by atoms with Gasteiger partial charge in [0, 0.05) is 44.7 Å². The lowest BCUT2D eigenvalue weighted by Gasteiger charge is -2.32. The third kappa shape index (κ3) is 3.52. The number of hydrogen-bond acceptors (Lipinski definition) is 7. The Morgan fingerprint density at radius 2 is 2.20 bits per heavy atom. The lowest BCUT2D eigenvalue weighted by atomic mass is 9.81. The largest absolute Gasteiger partial charge is 0.481 e. The average Bonchev–Trinajstić information content (AvgIpc) is 3.21. The molecule has 0 radical (unpaired) electrons. The highest BCUT2D eigenvalue weighted by molar-refractivity contribution is 5.25. The molecule has 2 aromatic heterocycles. The number of nitrogens with zero attached hydrogens (tertiary/aromatic N) is 4. The summed E-state index contributed by atoms with van der Waals surface area (Å²) in [5, 5.41) is 8.09. The van der Waals surface area contributed by atoms with Crippen LogP contribution >= 0.6 is 0 Å². The van der Waals surface area contributed by atoms with Crippen LogP contribution in [0.1, 0.15) is 17.3 Å².